The number of phenolic OH excluding ortho intramolecular Hbond substituents is 2. The number of aromatic hydroxyl groups is 2. The van der Waals surface area contributed by atoms with Crippen LogP contribution in [0.2, 0.25) is 0 Å². The first-order chi connectivity index (χ1) is 17.8. The standard InChI is InChI=1S/2C14H22O.C10H15.Ce/c2*1-13(2,3)10-8-7-9-11(12(10)15)14(4,5)6;1-6-7(2)9(4)10(5)8(6)3;/h2*7-9,15H,1-6H3;1-5H3;. The maximum absolute atomic E-state index is 10.3. The van der Waals surface area contributed by atoms with Gasteiger partial charge in [0.25, 0.3) is 0 Å². The Bertz CT molecular complexity index is 1070. The van der Waals surface area contributed by atoms with Crippen molar-refractivity contribution in [2.24, 2.45) is 0 Å². The van der Waals surface area contributed by atoms with Crippen molar-refractivity contribution < 1.29 is 52.0 Å². The van der Waals surface area contributed by atoms with Gasteiger partial charge in [0.05, 0.1) is 0 Å². The van der Waals surface area contributed by atoms with Gasteiger partial charge in [-0.25, -0.2) is 0 Å². The van der Waals surface area contributed by atoms with Crippen LogP contribution in [-0.2, 0) is 21.7 Å². The first-order valence-electron chi connectivity index (χ1n) is 14.7. The summed E-state index contributed by atoms with van der Waals surface area (Å²) >= 11 is 0. The number of phenols is 2. The van der Waals surface area contributed by atoms with Crippen molar-refractivity contribution in [2.75, 3.05) is 0 Å². The third kappa shape index (κ3) is 10.5. The zero-order valence-corrected chi connectivity index (χ0v) is 32.5. The van der Waals surface area contributed by atoms with Crippen molar-refractivity contribution in [3.8, 4) is 11.5 Å². The first kappa shape index (κ1) is 39.9. The molecular formula is C38H59CeO2. The molecule has 2 nitrogen and oxygen atoms in total. The van der Waals surface area contributed by atoms with Crippen molar-refractivity contribution in [1.29, 1.82) is 0 Å². The van der Waals surface area contributed by atoms with Gasteiger partial charge < -0.3 is 10.2 Å². The van der Waals surface area contributed by atoms with Gasteiger partial charge in [-0.2, -0.15) is 0 Å². The maximum atomic E-state index is 10.3. The minimum absolute atomic E-state index is 0. The van der Waals surface area contributed by atoms with Gasteiger partial charge in [0.2, 0.25) is 0 Å². The van der Waals surface area contributed by atoms with Gasteiger partial charge in [0.15, 0.2) is 0 Å². The van der Waals surface area contributed by atoms with E-state index < -0.39 is 0 Å². The van der Waals surface area contributed by atoms with Crippen LogP contribution in [0.4, 0.5) is 0 Å². The van der Waals surface area contributed by atoms with Crippen LogP contribution in [0.3, 0.4) is 0 Å². The molecule has 2 aromatic rings. The van der Waals surface area contributed by atoms with Gasteiger partial charge in [0, 0.05) is 47.7 Å². The van der Waals surface area contributed by atoms with E-state index in [0.717, 1.165) is 22.3 Å². The summed E-state index contributed by atoms with van der Waals surface area (Å²) in [6, 6.07) is 12.1. The summed E-state index contributed by atoms with van der Waals surface area (Å²) in [4.78, 5) is 0. The van der Waals surface area contributed by atoms with Crippen molar-refractivity contribution in [2.45, 2.75) is 139 Å². The third-order valence-corrected chi connectivity index (χ3v) is 8.12. The quantitative estimate of drug-likeness (QED) is 0.289. The van der Waals surface area contributed by atoms with Crippen molar-refractivity contribution in [3.05, 3.63) is 86.9 Å². The number of hydrogen-bond donors (Lipinski definition) is 2. The molecule has 3 heteroatoms. The van der Waals surface area contributed by atoms with Crippen molar-refractivity contribution >= 4 is 0 Å². The Hall–Kier alpha value is -1.10. The Labute approximate surface area is 287 Å². The zero-order chi connectivity index (χ0) is 31.6. The number of allylic oxidation sites excluding steroid dienone is 4. The molecule has 1 aliphatic carbocycles. The fourth-order valence-corrected chi connectivity index (χ4v) is 4.91. The van der Waals surface area contributed by atoms with E-state index in [4.69, 9.17) is 0 Å². The molecule has 2 N–H and O–H groups in total. The molecule has 0 fully saturated rings. The summed E-state index contributed by atoms with van der Waals surface area (Å²) in [6.45, 7) is 36.4. The van der Waals surface area contributed by atoms with E-state index >= 15 is 0 Å². The second-order valence-electron chi connectivity index (χ2n) is 15.5. The minimum Gasteiger partial charge on any atom is -0.507 e. The van der Waals surface area contributed by atoms with Crippen molar-refractivity contribution in [3.63, 3.8) is 0 Å². The SMILES string of the molecule is CC(C)(C)c1cccc(C(C)(C)C)c1O.CC(C)(C)c1cccc(C(C)(C)C)c1O.C[C]1C(C)=C(C)C(C)=C1C.[Ce]. The monoisotopic (exact) mass is 687 g/mol. The molecule has 0 bridgehead atoms. The van der Waals surface area contributed by atoms with Gasteiger partial charge in [-0.05, 0) is 82.8 Å². The largest absolute Gasteiger partial charge is 0.507 e. The first-order valence-corrected chi connectivity index (χ1v) is 14.7. The average Bonchev–Trinajstić information content (AvgIpc) is 2.94. The van der Waals surface area contributed by atoms with Gasteiger partial charge in [-0.1, -0.05) is 138 Å². The molecule has 0 amide bonds. The van der Waals surface area contributed by atoms with Gasteiger partial charge in [0.1, 0.15) is 11.5 Å². The molecule has 0 unspecified atom stereocenters. The van der Waals surface area contributed by atoms with Crippen LogP contribution in [-0.4, -0.2) is 10.2 Å². The summed E-state index contributed by atoms with van der Waals surface area (Å²) in [7, 11) is 0. The molecule has 0 saturated heterocycles. The Kier molecular flexibility index (Phi) is 14.2. The Balaban J connectivity index is 0.000000591. The molecule has 0 heterocycles. The maximum Gasteiger partial charge on any atom is 0.123 e. The Morgan fingerprint density at radius 2 is 0.585 bits per heavy atom. The van der Waals surface area contributed by atoms with E-state index in [-0.39, 0.29) is 63.4 Å². The predicted molar refractivity (Wildman–Crippen MR) is 177 cm³/mol. The van der Waals surface area contributed by atoms with Crippen LogP contribution >= 0.6 is 0 Å². The molecule has 227 valence electrons. The second-order valence-corrected chi connectivity index (χ2v) is 15.5. The molecule has 0 aromatic heterocycles. The zero-order valence-electron chi connectivity index (χ0n) is 29.4. The average molecular weight is 688 g/mol. The molecular weight excluding hydrogens is 629 g/mol. The Morgan fingerprint density at radius 3 is 0.707 bits per heavy atom. The van der Waals surface area contributed by atoms with Crippen LogP contribution < -0.4 is 0 Å². The number of rotatable bonds is 0. The number of hydrogen-bond acceptors (Lipinski definition) is 2. The normalized spacial score (nSPS) is 14.7. The van der Waals surface area contributed by atoms with E-state index in [9.17, 15) is 10.2 Å². The molecule has 2 aromatic carbocycles. The van der Waals surface area contributed by atoms with E-state index in [0.29, 0.717) is 11.5 Å². The van der Waals surface area contributed by atoms with Crippen LogP contribution in [0, 0.1) is 47.7 Å². The van der Waals surface area contributed by atoms with Crippen LogP contribution in [0.25, 0.3) is 0 Å². The molecule has 0 spiro atoms. The minimum atomic E-state index is -0.00859. The number of para-hydroxylation sites is 2. The van der Waals surface area contributed by atoms with E-state index in [1.54, 1.807) is 0 Å². The van der Waals surface area contributed by atoms with E-state index in [2.05, 4.69) is 118 Å². The summed E-state index contributed by atoms with van der Waals surface area (Å²) < 4.78 is 0. The van der Waals surface area contributed by atoms with Crippen LogP contribution in [0.15, 0.2) is 58.7 Å². The smallest absolute Gasteiger partial charge is 0.123 e. The molecule has 41 heavy (non-hydrogen) atoms. The Morgan fingerprint density at radius 1 is 0.390 bits per heavy atom. The molecule has 0 saturated carbocycles. The fourth-order valence-electron chi connectivity index (χ4n) is 4.91. The summed E-state index contributed by atoms with van der Waals surface area (Å²) in [6.07, 6.45) is 0. The van der Waals surface area contributed by atoms with Crippen LogP contribution in [0.5, 0.6) is 11.5 Å². The molecule has 0 atom stereocenters. The van der Waals surface area contributed by atoms with E-state index in [1.165, 1.54) is 28.2 Å². The summed E-state index contributed by atoms with van der Waals surface area (Å²) in [5.74, 6) is 2.38. The molecule has 3 rings (SSSR count). The molecule has 0 aliphatic heterocycles. The van der Waals surface area contributed by atoms with E-state index in [1.807, 2.05) is 36.4 Å². The van der Waals surface area contributed by atoms with Crippen molar-refractivity contribution in [1.82, 2.24) is 0 Å². The van der Waals surface area contributed by atoms with Crippen LogP contribution in [0.1, 0.15) is 140 Å². The van der Waals surface area contributed by atoms with Gasteiger partial charge in [-0.15, -0.1) is 0 Å². The predicted octanol–water partition coefficient (Wildman–Crippen LogP) is 11.2. The third-order valence-electron chi connectivity index (χ3n) is 8.12. The fraction of sp³-hybridized carbons (Fsp3) is 0.553. The summed E-state index contributed by atoms with van der Waals surface area (Å²) in [5, 5.41) is 20.5. The second kappa shape index (κ2) is 14.6. The van der Waals surface area contributed by atoms with Gasteiger partial charge in [-0.3, -0.25) is 0 Å². The molecule has 1 radical (unpaired) electrons. The topological polar surface area (TPSA) is 40.5 Å². The molecule has 1 aliphatic rings. The van der Waals surface area contributed by atoms with Gasteiger partial charge >= 0.3 is 0 Å². The summed E-state index contributed by atoms with van der Waals surface area (Å²) in [5.41, 5.74) is 9.93. The number of benzene rings is 2.